The summed E-state index contributed by atoms with van der Waals surface area (Å²) in [4.78, 5) is 5.29. The predicted octanol–water partition coefficient (Wildman–Crippen LogP) is 2.51. The molecule has 4 heteroatoms. The molecule has 0 aliphatic carbocycles. The van der Waals surface area contributed by atoms with E-state index < -0.39 is 0 Å². The van der Waals surface area contributed by atoms with E-state index in [1.54, 1.807) is 7.11 Å². The smallest absolute Gasteiger partial charge is 0.131 e. The van der Waals surface area contributed by atoms with Crippen LogP contribution in [-0.2, 0) is 4.84 Å². The Bertz CT molecular complexity index is 348. The normalized spacial score (nSPS) is 20.1. The van der Waals surface area contributed by atoms with Crippen LogP contribution in [0.4, 0.5) is 0 Å². The highest BCUT2D eigenvalue weighted by atomic mass is 79.9. The standard InChI is InChI=1S/C10H10BrNO2/c1-13-8-4-2-7(3-5-8)9-6-10(11)12-14-9/h2-6,9,12H,1H3. The first-order chi connectivity index (χ1) is 6.79. The van der Waals surface area contributed by atoms with E-state index in [0.29, 0.717) is 0 Å². The fourth-order valence-corrected chi connectivity index (χ4v) is 1.61. The second-order valence-electron chi connectivity index (χ2n) is 2.93. The van der Waals surface area contributed by atoms with Gasteiger partial charge in [0, 0.05) is 0 Å². The molecule has 0 saturated carbocycles. The van der Waals surface area contributed by atoms with Crippen molar-refractivity contribution in [3.63, 3.8) is 0 Å². The number of ether oxygens (including phenoxy) is 1. The van der Waals surface area contributed by atoms with E-state index >= 15 is 0 Å². The third kappa shape index (κ3) is 1.91. The Labute approximate surface area is 90.8 Å². The molecule has 2 rings (SSSR count). The second-order valence-corrected chi connectivity index (χ2v) is 3.78. The zero-order chi connectivity index (χ0) is 9.97. The van der Waals surface area contributed by atoms with Crippen molar-refractivity contribution in [2.45, 2.75) is 6.10 Å². The lowest BCUT2D eigenvalue weighted by Gasteiger charge is -2.07. The van der Waals surface area contributed by atoms with Crippen LogP contribution in [0, 0.1) is 0 Å². The van der Waals surface area contributed by atoms with Crippen molar-refractivity contribution in [2.24, 2.45) is 0 Å². The molecule has 14 heavy (non-hydrogen) atoms. The van der Waals surface area contributed by atoms with Gasteiger partial charge in [0.05, 0.1) is 7.11 Å². The Hall–Kier alpha value is -1.00. The molecule has 3 nitrogen and oxygen atoms in total. The number of halogens is 1. The predicted molar refractivity (Wildman–Crippen MR) is 57.0 cm³/mol. The lowest BCUT2D eigenvalue weighted by atomic mass is 10.1. The lowest BCUT2D eigenvalue weighted by Crippen LogP contribution is -2.05. The molecule has 74 valence electrons. The molecule has 0 bridgehead atoms. The van der Waals surface area contributed by atoms with Crippen LogP contribution in [0.2, 0.25) is 0 Å². The van der Waals surface area contributed by atoms with Gasteiger partial charge >= 0.3 is 0 Å². The van der Waals surface area contributed by atoms with Crippen molar-refractivity contribution < 1.29 is 9.57 Å². The third-order valence-corrected chi connectivity index (χ3v) is 2.45. The average molecular weight is 256 g/mol. The van der Waals surface area contributed by atoms with Crippen LogP contribution in [0.5, 0.6) is 5.75 Å². The average Bonchev–Trinajstić information content (AvgIpc) is 2.65. The highest BCUT2D eigenvalue weighted by molar-refractivity contribution is 9.11. The molecule has 0 saturated heterocycles. The van der Waals surface area contributed by atoms with E-state index in [0.717, 1.165) is 15.9 Å². The van der Waals surface area contributed by atoms with Gasteiger partial charge < -0.3 is 4.74 Å². The van der Waals surface area contributed by atoms with E-state index in [1.807, 2.05) is 30.3 Å². The van der Waals surface area contributed by atoms with Crippen molar-refractivity contribution >= 4 is 15.9 Å². The summed E-state index contributed by atoms with van der Waals surface area (Å²) in [6, 6.07) is 7.79. The van der Waals surface area contributed by atoms with Crippen molar-refractivity contribution in [3.8, 4) is 5.75 Å². The Kier molecular flexibility index (Phi) is 2.74. The molecule has 1 atom stereocenters. The van der Waals surface area contributed by atoms with Gasteiger partial charge in [0.2, 0.25) is 0 Å². The van der Waals surface area contributed by atoms with Crippen LogP contribution in [0.3, 0.4) is 0 Å². The number of methoxy groups -OCH3 is 1. The van der Waals surface area contributed by atoms with Crippen LogP contribution in [0.15, 0.2) is 34.9 Å². The molecule has 1 heterocycles. The number of nitrogens with one attached hydrogen (secondary N) is 1. The molecule has 1 aliphatic heterocycles. The van der Waals surface area contributed by atoms with Gasteiger partial charge in [0.15, 0.2) is 0 Å². The van der Waals surface area contributed by atoms with E-state index in [-0.39, 0.29) is 6.10 Å². The zero-order valence-electron chi connectivity index (χ0n) is 7.66. The highest BCUT2D eigenvalue weighted by Gasteiger charge is 2.16. The molecule has 0 aromatic heterocycles. The maximum absolute atomic E-state index is 5.29. The number of hydrogen-bond acceptors (Lipinski definition) is 3. The Balaban J connectivity index is 2.17. The summed E-state index contributed by atoms with van der Waals surface area (Å²) < 4.78 is 5.93. The number of benzene rings is 1. The quantitative estimate of drug-likeness (QED) is 0.824. The van der Waals surface area contributed by atoms with E-state index in [9.17, 15) is 0 Å². The van der Waals surface area contributed by atoms with Crippen LogP contribution in [0.1, 0.15) is 11.7 Å². The fraction of sp³-hybridized carbons (Fsp3) is 0.200. The molecular weight excluding hydrogens is 246 g/mol. The third-order valence-electron chi connectivity index (χ3n) is 2.03. The van der Waals surface area contributed by atoms with E-state index in [4.69, 9.17) is 9.57 Å². The summed E-state index contributed by atoms with van der Waals surface area (Å²) in [6.45, 7) is 0. The minimum absolute atomic E-state index is 0.0321. The molecule has 0 radical (unpaired) electrons. The summed E-state index contributed by atoms with van der Waals surface area (Å²) in [7, 11) is 1.65. The van der Waals surface area contributed by atoms with Gasteiger partial charge in [-0.1, -0.05) is 12.1 Å². The zero-order valence-corrected chi connectivity index (χ0v) is 9.24. The largest absolute Gasteiger partial charge is 0.497 e. The number of hydrogen-bond donors (Lipinski definition) is 1. The monoisotopic (exact) mass is 255 g/mol. The summed E-state index contributed by atoms with van der Waals surface area (Å²) in [5.41, 5.74) is 3.83. The Morgan fingerprint density at radius 3 is 2.57 bits per heavy atom. The van der Waals surface area contributed by atoms with Crippen molar-refractivity contribution in [3.05, 3.63) is 40.5 Å². The maximum Gasteiger partial charge on any atom is 0.131 e. The summed E-state index contributed by atoms with van der Waals surface area (Å²) in [6.07, 6.45) is 1.93. The SMILES string of the molecule is COc1ccc(C2C=C(Br)NO2)cc1. The van der Waals surface area contributed by atoms with Gasteiger partial charge in [0.25, 0.3) is 0 Å². The second kappa shape index (κ2) is 4.02. The van der Waals surface area contributed by atoms with Crippen molar-refractivity contribution in [1.29, 1.82) is 0 Å². The molecule has 0 spiro atoms. The minimum atomic E-state index is -0.0321. The Morgan fingerprint density at radius 1 is 1.36 bits per heavy atom. The van der Waals surface area contributed by atoms with Gasteiger partial charge in [-0.2, -0.15) is 0 Å². The minimum Gasteiger partial charge on any atom is -0.497 e. The topological polar surface area (TPSA) is 30.5 Å². The summed E-state index contributed by atoms with van der Waals surface area (Å²) in [5.74, 6) is 0.850. The van der Waals surface area contributed by atoms with Gasteiger partial charge in [-0.05, 0) is 39.7 Å². The maximum atomic E-state index is 5.29. The molecule has 1 aliphatic rings. The molecule has 1 N–H and O–H groups in total. The van der Waals surface area contributed by atoms with Crippen LogP contribution < -0.4 is 10.2 Å². The van der Waals surface area contributed by atoms with Crippen LogP contribution >= 0.6 is 15.9 Å². The number of rotatable bonds is 2. The van der Waals surface area contributed by atoms with Gasteiger partial charge in [-0.15, -0.1) is 0 Å². The first-order valence-corrected chi connectivity index (χ1v) is 5.02. The van der Waals surface area contributed by atoms with Gasteiger partial charge in [-0.3, -0.25) is 10.3 Å². The first-order valence-electron chi connectivity index (χ1n) is 4.22. The van der Waals surface area contributed by atoms with Crippen LogP contribution in [-0.4, -0.2) is 7.11 Å². The highest BCUT2D eigenvalue weighted by Crippen LogP contribution is 2.27. The van der Waals surface area contributed by atoms with Gasteiger partial charge in [-0.25, -0.2) is 0 Å². The van der Waals surface area contributed by atoms with Gasteiger partial charge in [0.1, 0.15) is 16.5 Å². The summed E-state index contributed by atoms with van der Waals surface area (Å²) >= 11 is 3.30. The first kappa shape index (κ1) is 9.55. The molecule has 0 fully saturated rings. The Morgan fingerprint density at radius 2 is 2.07 bits per heavy atom. The molecule has 1 aromatic rings. The van der Waals surface area contributed by atoms with Crippen molar-refractivity contribution in [1.82, 2.24) is 5.48 Å². The van der Waals surface area contributed by atoms with Crippen LogP contribution in [0.25, 0.3) is 0 Å². The fourth-order valence-electron chi connectivity index (χ4n) is 1.28. The van der Waals surface area contributed by atoms with E-state index in [1.165, 1.54) is 0 Å². The summed E-state index contributed by atoms with van der Waals surface area (Å²) in [5, 5.41) is 0. The molecule has 1 unspecified atom stereocenters. The molecular formula is C10H10BrNO2. The van der Waals surface area contributed by atoms with Crippen molar-refractivity contribution in [2.75, 3.05) is 7.11 Å². The lowest BCUT2D eigenvalue weighted by molar-refractivity contribution is 0.0458. The molecule has 1 aromatic carbocycles. The molecule has 0 amide bonds. The number of hydroxylamine groups is 1. The van der Waals surface area contributed by atoms with E-state index in [2.05, 4.69) is 21.4 Å².